The zero-order chi connectivity index (χ0) is 12.3. The van der Waals surface area contributed by atoms with E-state index in [9.17, 15) is 9.59 Å². The first-order valence-electron chi connectivity index (χ1n) is 6.53. The molecule has 2 saturated heterocycles. The average Bonchev–Trinajstić information content (AvgIpc) is 2.71. The van der Waals surface area contributed by atoms with E-state index in [1.54, 1.807) is 4.90 Å². The van der Waals surface area contributed by atoms with Crippen LogP contribution < -0.4 is 11.1 Å². The van der Waals surface area contributed by atoms with Crippen LogP contribution in [0.15, 0.2) is 0 Å². The minimum absolute atomic E-state index is 0.0631. The van der Waals surface area contributed by atoms with Gasteiger partial charge in [0.05, 0.1) is 6.04 Å². The molecule has 2 rings (SSSR count). The highest BCUT2D eigenvalue weighted by molar-refractivity contribution is 5.89. The fraction of sp³-hybridized carbons (Fsp3) is 0.833. The number of nitrogens with zero attached hydrogens (tertiary/aromatic N) is 1. The largest absolute Gasteiger partial charge is 0.368 e. The maximum absolute atomic E-state index is 12.3. The lowest BCUT2D eigenvalue weighted by Crippen LogP contribution is -2.52. The first-order chi connectivity index (χ1) is 8.20. The third-order valence-corrected chi connectivity index (χ3v) is 3.72. The molecule has 2 amide bonds. The van der Waals surface area contributed by atoms with Gasteiger partial charge in [0.1, 0.15) is 6.04 Å². The fourth-order valence-electron chi connectivity index (χ4n) is 2.76. The van der Waals surface area contributed by atoms with Crippen molar-refractivity contribution >= 4 is 11.8 Å². The molecule has 0 aromatic heterocycles. The van der Waals surface area contributed by atoms with E-state index in [1.165, 1.54) is 0 Å². The topological polar surface area (TPSA) is 75.4 Å². The van der Waals surface area contributed by atoms with Crippen molar-refractivity contribution in [1.82, 2.24) is 10.2 Å². The second kappa shape index (κ2) is 5.49. The minimum Gasteiger partial charge on any atom is -0.368 e. The van der Waals surface area contributed by atoms with Crippen LogP contribution in [0.4, 0.5) is 0 Å². The van der Waals surface area contributed by atoms with Crippen molar-refractivity contribution in [2.45, 2.75) is 50.6 Å². The van der Waals surface area contributed by atoms with Gasteiger partial charge in [0.25, 0.3) is 0 Å². The first kappa shape index (κ1) is 12.4. The standard InChI is InChI=1S/C12H21N3O2/c13-11(16)10-6-2-1-3-8-15(10)12(17)9-5-4-7-14-9/h9-10,14H,1-8H2,(H2,13,16)/t9-,10?/m0/s1. The maximum Gasteiger partial charge on any atom is 0.240 e. The summed E-state index contributed by atoms with van der Waals surface area (Å²) in [6, 6.07) is -0.498. The Morgan fingerprint density at radius 2 is 1.94 bits per heavy atom. The quantitative estimate of drug-likeness (QED) is 0.712. The van der Waals surface area contributed by atoms with E-state index in [-0.39, 0.29) is 17.9 Å². The Morgan fingerprint density at radius 1 is 1.12 bits per heavy atom. The average molecular weight is 239 g/mol. The van der Waals surface area contributed by atoms with Crippen LogP contribution >= 0.6 is 0 Å². The Kier molecular flexibility index (Phi) is 3.99. The summed E-state index contributed by atoms with van der Waals surface area (Å²) in [5.74, 6) is -0.300. The number of primary amides is 1. The molecule has 0 saturated carbocycles. The second-order valence-corrected chi connectivity index (χ2v) is 4.95. The summed E-state index contributed by atoms with van der Waals surface area (Å²) >= 11 is 0. The fourth-order valence-corrected chi connectivity index (χ4v) is 2.76. The lowest BCUT2D eigenvalue weighted by Gasteiger charge is -2.30. The summed E-state index contributed by atoms with van der Waals surface area (Å²) in [4.78, 5) is 25.5. The Labute approximate surface area is 102 Å². The van der Waals surface area contributed by atoms with Gasteiger partial charge in [0.2, 0.25) is 11.8 Å². The molecular formula is C12H21N3O2. The molecule has 0 radical (unpaired) electrons. The van der Waals surface area contributed by atoms with E-state index >= 15 is 0 Å². The number of carbonyl (C=O) groups excluding carboxylic acids is 2. The Morgan fingerprint density at radius 3 is 2.59 bits per heavy atom. The van der Waals surface area contributed by atoms with Crippen molar-refractivity contribution < 1.29 is 9.59 Å². The zero-order valence-corrected chi connectivity index (χ0v) is 10.2. The van der Waals surface area contributed by atoms with Gasteiger partial charge < -0.3 is 16.0 Å². The van der Waals surface area contributed by atoms with Crippen molar-refractivity contribution in [2.24, 2.45) is 5.73 Å². The van der Waals surface area contributed by atoms with Crippen LogP contribution in [-0.2, 0) is 9.59 Å². The number of likely N-dealkylation sites (tertiary alicyclic amines) is 1. The van der Waals surface area contributed by atoms with E-state index < -0.39 is 6.04 Å². The van der Waals surface area contributed by atoms with Crippen molar-refractivity contribution in [1.29, 1.82) is 0 Å². The Balaban J connectivity index is 2.08. The monoisotopic (exact) mass is 239 g/mol. The maximum atomic E-state index is 12.3. The highest BCUT2D eigenvalue weighted by atomic mass is 16.2. The molecule has 0 aromatic rings. The summed E-state index contributed by atoms with van der Waals surface area (Å²) in [7, 11) is 0. The molecule has 3 N–H and O–H groups in total. The van der Waals surface area contributed by atoms with Crippen LogP contribution in [-0.4, -0.2) is 41.9 Å². The van der Waals surface area contributed by atoms with E-state index in [1.807, 2.05) is 0 Å². The van der Waals surface area contributed by atoms with Gasteiger partial charge in [0, 0.05) is 6.54 Å². The number of nitrogens with two attached hydrogens (primary N) is 1. The van der Waals surface area contributed by atoms with Gasteiger partial charge in [0.15, 0.2) is 0 Å². The summed E-state index contributed by atoms with van der Waals surface area (Å²) in [5.41, 5.74) is 5.41. The third kappa shape index (κ3) is 2.77. The van der Waals surface area contributed by atoms with Crippen LogP contribution in [0.2, 0.25) is 0 Å². The van der Waals surface area contributed by atoms with Crippen LogP contribution in [0.25, 0.3) is 0 Å². The minimum atomic E-state index is -0.396. The molecule has 2 aliphatic rings. The zero-order valence-electron chi connectivity index (χ0n) is 10.2. The molecule has 0 aliphatic carbocycles. The molecule has 0 spiro atoms. The first-order valence-corrected chi connectivity index (χ1v) is 6.53. The van der Waals surface area contributed by atoms with Gasteiger partial charge in [-0.2, -0.15) is 0 Å². The smallest absolute Gasteiger partial charge is 0.240 e. The molecule has 1 unspecified atom stereocenters. The van der Waals surface area contributed by atoms with Gasteiger partial charge in [-0.1, -0.05) is 12.8 Å². The van der Waals surface area contributed by atoms with Gasteiger partial charge in [-0.15, -0.1) is 0 Å². The third-order valence-electron chi connectivity index (χ3n) is 3.72. The number of hydrogen-bond acceptors (Lipinski definition) is 3. The number of carbonyl (C=O) groups is 2. The van der Waals surface area contributed by atoms with E-state index in [2.05, 4.69) is 5.32 Å². The molecule has 0 aromatic carbocycles. The Hall–Kier alpha value is -1.10. The molecule has 0 bridgehead atoms. The molecule has 2 heterocycles. The molecule has 5 nitrogen and oxygen atoms in total. The van der Waals surface area contributed by atoms with E-state index in [0.29, 0.717) is 13.0 Å². The van der Waals surface area contributed by atoms with Crippen molar-refractivity contribution in [3.8, 4) is 0 Å². The van der Waals surface area contributed by atoms with Crippen molar-refractivity contribution in [3.05, 3.63) is 0 Å². The second-order valence-electron chi connectivity index (χ2n) is 4.95. The lowest BCUT2D eigenvalue weighted by molar-refractivity contribution is -0.140. The van der Waals surface area contributed by atoms with E-state index in [4.69, 9.17) is 5.73 Å². The SMILES string of the molecule is NC(=O)C1CCCCCN1C(=O)[C@@H]1CCCN1. The van der Waals surface area contributed by atoms with Crippen LogP contribution in [0.5, 0.6) is 0 Å². The van der Waals surface area contributed by atoms with Crippen LogP contribution in [0.3, 0.4) is 0 Å². The molecule has 17 heavy (non-hydrogen) atoms. The van der Waals surface area contributed by atoms with Gasteiger partial charge in [-0.3, -0.25) is 9.59 Å². The summed E-state index contributed by atoms with van der Waals surface area (Å²) < 4.78 is 0. The van der Waals surface area contributed by atoms with Gasteiger partial charge in [-0.25, -0.2) is 0 Å². The number of rotatable bonds is 2. The number of nitrogens with one attached hydrogen (secondary N) is 1. The van der Waals surface area contributed by atoms with Crippen LogP contribution in [0.1, 0.15) is 38.5 Å². The number of hydrogen-bond donors (Lipinski definition) is 2. The molecule has 96 valence electrons. The highest BCUT2D eigenvalue weighted by Gasteiger charge is 2.34. The Bertz CT molecular complexity index is 300. The highest BCUT2D eigenvalue weighted by Crippen LogP contribution is 2.19. The number of amides is 2. The molecular weight excluding hydrogens is 218 g/mol. The summed E-state index contributed by atoms with van der Waals surface area (Å²) in [6.45, 7) is 1.57. The molecule has 2 aliphatic heterocycles. The van der Waals surface area contributed by atoms with Crippen molar-refractivity contribution in [3.63, 3.8) is 0 Å². The van der Waals surface area contributed by atoms with Crippen molar-refractivity contribution in [2.75, 3.05) is 13.1 Å². The normalized spacial score (nSPS) is 30.0. The van der Waals surface area contributed by atoms with Gasteiger partial charge in [-0.05, 0) is 32.2 Å². The summed E-state index contributed by atoms with van der Waals surface area (Å²) in [6.07, 6.45) is 5.66. The molecule has 5 heteroatoms. The summed E-state index contributed by atoms with van der Waals surface area (Å²) in [5, 5.41) is 3.19. The lowest BCUT2D eigenvalue weighted by atomic mass is 10.1. The predicted octanol–water partition coefficient (Wildman–Crippen LogP) is -0.00510. The van der Waals surface area contributed by atoms with E-state index in [0.717, 1.165) is 38.6 Å². The van der Waals surface area contributed by atoms with Gasteiger partial charge >= 0.3 is 0 Å². The van der Waals surface area contributed by atoms with Crippen LogP contribution in [0, 0.1) is 0 Å². The predicted molar refractivity (Wildman–Crippen MR) is 64.2 cm³/mol. The molecule has 2 atom stereocenters. The molecule has 2 fully saturated rings.